The molecule has 1 N–H and O–H groups in total. The Morgan fingerprint density at radius 1 is 1.26 bits per heavy atom. The average molecular weight is 314 g/mol. The number of ether oxygens (including phenoxy) is 1. The van der Waals surface area contributed by atoms with Gasteiger partial charge in [0.15, 0.2) is 0 Å². The number of rotatable bonds is 6. The van der Waals surface area contributed by atoms with Gasteiger partial charge in [0.25, 0.3) is 5.91 Å². The predicted molar refractivity (Wildman–Crippen MR) is 87.6 cm³/mol. The third-order valence-corrected chi connectivity index (χ3v) is 4.26. The molecule has 1 atom stereocenters. The molecule has 1 aliphatic heterocycles. The smallest absolute Gasteiger partial charge is 0.255 e. The SMILES string of the molecule is COc1ccccc1C(=O)NC[C@H](c1ccco1)N1CCCC1. The van der Waals surface area contributed by atoms with E-state index in [4.69, 9.17) is 9.15 Å². The second-order valence-corrected chi connectivity index (χ2v) is 5.68. The van der Waals surface area contributed by atoms with Crippen LogP contribution in [0.15, 0.2) is 47.1 Å². The van der Waals surface area contributed by atoms with Gasteiger partial charge < -0.3 is 14.5 Å². The third-order valence-electron chi connectivity index (χ3n) is 4.26. The van der Waals surface area contributed by atoms with Crippen LogP contribution in [0.5, 0.6) is 5.75 Å². The van der Waals surface area contributed by atoms with Gasteiger partial charge in [0, 0.05) is 6.54 Å². The summed E-state index contributed by atoms with van der Waals surface area (Å²) < 4.78 is 10.8. The highest BCUT2D eigenvalue weighted by molar-refractivity contribution is 5.96. The minimum absolute atomic E-state index is 0.0751. The number of likely N-dealkylation sites (tertiary alicyclic amines) is 1. The number of amides is 1. The van der Waals surface area contributed by atoms with Crippen LogP contribution in [-0.2, 0) is 0 Å². The summed E-state index contributed by atoms with van der Waals surface area (Å²) in [6, 6.07) is 11.2. The molecule has 0 saturated carbocycles. The van der Waals surface area contributed by atoms with Crippen LogP contribution >= 0.6 is 0 Å². The molecule has 1 fully saturated rings. The molecule has 2 heterocycles. The van der Waals surface area contributed by atoms with Gasteiger partial charge in [0.1, 0.15) is 11.5 Å². The largest absolute Gasteiger partial charge is 0.496 e. The molecule has 0 unspecified atom stereocenters. The molecule has 0 bridgehead atoms. The molecule has 122 valence electrons. The van der Waals surface area contributed by atoms with Crippen LogP contribution in [-0.4, -0.2) is 37.6 Å². The number of carbonyl (C=O) groups excluding carboxylic acids is 1. The van der Waals surface area contributed by atoms with Crippen molar-refractivity contribution in [2.24, 2.45) is 0 Å². The molecule has 5 nitrogen and oxygen atoms in total. The van der Waals surface area contributed by atoms with Gasteiger partial charge >= 0.3 is 0 Å². The molecule has 2 aromatic rings. The first-order valence-electron chi connectivity index (χ1n) is 7.98. The van der Waals surface area contributed by atoms with Crippen LogP contribution in [0, 0.1) is 0 Å². The summed E-state index contributed by atoms with van der Waals surface area (Å²) in [5.41, 5.74) is 0.551. The molecule has 0 aliphatic carbocycles. The van der Waals surface area contributed by atoms with Gasteiger partial charge in [-0.15, -0.1) is 0 Å². The first-order chi connectivity index (χ1) is 11.3. The Kier molecular flexibility index (Phi) is 4.98. The quantitative estimate of drug-likeness (QED) is 0.891. The van der Waals surface area contributed by atoms with Gasteiger partial charge in [-0.25, -0.2) is 0 Å². The number of methoxy groups -OCH3 is 1. The van der Waals surface area contributed by atoms with E-state index in [1.807, 2.05) is 24.3 Å². The maximum absolute atomic E-state index is 12.5. The molecule has 1 saturated heterocycles. The number of nitrogens with zero attached hydrogens (tertiary/aromatic N) is 1. The van der Waals surface area contributed by atoms with E-state index in [2.05, 4.69) is 10.2 Å². The maximum atomic E-state index is 12.5. The zero-order valence-electron chi connectivity index (χ0n) is 13.3. The van der Waals surface area contributed by atoms with E-state index in [0.29, 0.717) is 17.9 Å². The average Bonchev–Trinajstić information content (AvgIpc) is 3.29. The van der Waals surface area contributed by atoms with Crippen molar-refractivity contribution in [2.75, 3.05) is 26.7 Å². The van der Waals surface area contributed by atoms with Crippen molar-refractivity contribution >= 4 is 5.91 Å². The van der Waals surface area contributed by atoms with Crippen molar-refractivity contribution < 1.29 is 13.9 Å². The fraction of sp³-hybridized carbons (Fsp3) is 0.389. The normalized spacial score (nSPS) is 16.2. The predicted octanol–water partition coefficient (Wildman–Crippen LogP) is 2.86. The zero-order valence-corrected chi connectivity index (χ0v) is 13.3. The number of hydrogen-bond acceptors (Lipinski definition) is 4. The van der Waals surface area contributed by atoms with Crippen molar-refractivity contribution in [3.63, 3.8) is 0 Å². The Balaban J connectivity index is 1.70. The molecule has 23 heavy (non-hydrogen) atoms. The van der Waals surface area contributed by atoms with Crippen LogP contribution in [0.4, 0.5) is 0 Å². The first kappa shape index (κ1) is 15.6. The summed E-state index contributed by atoms with van der Waals surface area (Å²) in [6.45, 7) is 2.59. The Bertz CT molecular complexity index is 633. The molecule has 1 amide bonds. The van der Waals surface area contributed by atoms with E-state index in [9.17, 15) is 4.79 Å². The summed E-state index contributed by atoms with van der Waals surface area (Å²) >= 11 is 0. The van der Waals surface area contributed by atoms with E-state index in [1.54, 1.807) is 25.5 Å². The summed E-state index contributed by atoms with van der Waals surface area (Å²) in [6.07, 6.45) is 4.07. The molecule has 1 aromatic heterocycles. The van der Waals surface area contributed by atoms with Crippen LogP contribution in [0.2, 0.25) is 0 Å². The number of furan rings is 1. The van der Waals surface area contributed by atoms with Crippen molar-refractivity contribution in [1.29, 1.82) is 0 Å². The zero-order chi connectivity index (χ0) is 16.1. The van der Waals surface area contributed by atoms with Gasteiger partial charge in [-0.3, -0.25) is 9.69 Å². The Labute approximate surface area is 136 Å². The van der Waals surface area contributed by atoms with Crippen LogP contribution in [0.25, 0.3) is 0 Å². The van der Waals surface area contributed by atoms with E-state index in [0.717, 1.165) is 18.8 Å². The van der Waals surface area contributed by atoms with Crippen LogP contribution < -0.4 is 10.1 Å². The molecule has 1 aliphatic rings. The van der Waals surface area contributed by atoms with E-state index in [1.165, 1.54) is 12.8 Å². The fourth-order valence-electron chi connectivity index (χ4n) is 3.06. The molecule has 3 rings (SSSR count). The van der Waals surface area contributed by atoms with Crippen molar-refractivity contribution in [1.82, 2.24) is 10.2 Å². The van der Waals surface area contributed by atoms with Crippen LogP contribution in [0.1, 0.15) is 35.0 Å². The minimum atomic E-state index is -0.127. The molecule has 0 spiro atoms. The Morgan fingerprint density at radius 3 is 2.74 bits per heavy atom. The van der Waals surface area contributed by atoms with Gasteiger partial charge in [0.2, 0.25) is 0 Å². The van der Waals surface area contributed by atoms with Gasteiger partial charge in [-0.2, -0.15) is 0 Å². The maximum Gasteiger partial charge on any atom is 0.255 e. The van der Waals surface area contributed by atoms with Crippen LogP contribution in [0.3, 0.4) is 0 Å². The minimum Gasteiger partial charge on any atom is -0.496 e. The Morgan fingerprint density at radius 2 is 2.04 bits per heavy atom. The standard InChI is InChI=1S/C18H22N2O3/c1-22-16-8-3-2-7-14(16)18(21)19-13-15(17-9-6-12-23-17)20-10-4-5-11-20/h2-3,6-9,12,15H,4-5,10-11,13H2,1H3,(H,19,21)/t15-/m1/s1. The molecule has 5 heteroatoms. The van der Waals surface area contributed by atoms with Gasteiger partial charge in [-0.05, 0) is 50.2 Å². The number of para-hydroxylation sites is 1. The number of nitrogens with one attached hydrogen (secondary N) is 1. The monoisotopic (exact) mass is 314 g/mol. The highest BCUT2D eigenvalue weighted by Gasteiger charge is 2.26. The second-order valence-electron chi connectivity index (χ2n) is 5.68. The lowest BCUT2D eigenvalue weighted by Gasteiger charge is -2.26. The summed E-state index contributed by atoms with van der Waals surface area (Å²) in [5, 5.41) is 3.02. The summed E-state index contributed by atoms with van der Waals surface area (Å²) in [7, 11) is 1.57. The molecule has 1 aromatic carbocycles. The Hall–Kier alpha value is -2.27. The topological polar surface area (TPSA) is 54.7 Å². The van der Waals surface area contributed by atoms with Crippen molar-refractivity contribution in [3.05, 3.63) is 54.0 Å². The summed E-state index contributed by atoms with van der Waals surface area (Å²) in [4.78, 5) is 14.8. The van der Waals surface area contributed by atoms with Crippen molar-refractivity contribution in [3.8, 4) is 5.75 Å². The first-order valence-corrected chi connectivity index (χ1v) is 7.98. The second kappa shape index (κ2) is 7.33. The van der Waals surface area contributed by atoms with E-state index < -0.39 is 0 Å². The van der Waals surface area contributed by atoms with E-state index in [-0.39, 0.29) is 11.9 Å². The lowest BCUT2D eigenvalue weighted by Crippen LogP contribution is -2.36. The number of benzene rings is 1. The lowest BCUT2D eigenvalue weighted by molar-refractivity contribution is 0.0931. The van der Waals surface area contributed by atoms with E-state index >= 15 is 0 Å². The molecule has 0 radical (unpaired) electrons. The summed E-state index contributed by atoms with van der Waals surface area (Å²) in [5.74, 6) is 1.35. The van der Waals surface area contributed by atoms with Gasteiger partial charge in [0.05, 0.1) is 25.0 Å². The molecular formula is C18H22N2O3. The number of hydrogen-bond donors (Lipinski definition) is 1. The highest BCUT2D eigenvalue weighted by atomic mass is 16.5. The fourth-order valence-corrected chi connectivity index (χ4v) is 3.06. The van der Waals surface area contributed by atoms with Crippen molar-refractivity contribution in [2.45, 2.75) is 18.9 Å². The highest BCUT2D eigenvalue weighted by Crippen LogP contribution is 2.25. The van der Waals surface area contributed by atoms with Gasteiger partial charge in [-0.1, -0.05) is 12.1 Å². The number of carbonyl (C=O) groups is 1. The molecular weight excluding hydrogens is 292 g/mol. The third kappa shape index (κ3) is 3.56. The lowest BCUT2D eigenvalue weighted by atomic mass is 10.1.